The number of ether oxygens (including phenoxy) is 1. The molecule has 102 valence electrons. The fourth-order valence-corrected chi connectivity index (χ4v) is 1.86. The average Bonchev–Trinajstić information content (AvgIpc) is 2.42. The maximum Gasteiger partial charge on any atom is 0.267 e. The predicted octanol–water partition coefficient (Wildman–Crippen LogP) is 1.69. The Bertz CT molecular complexity index is 474. The highest BCUT2D eigenvalue weighted by atomic mass is 16.5. The smallest absolute Gasteiger partial charge is 0.267 e. The maximum absolute atomic E-state index is 11.8. The van der Waals surface area contributed by atoms with Gasteiger partial charge in [-0.05, 0) is 18.6 Å². The van der Waals surface area contributed by atoms with Crippen molar-refractivity contribution in [3.8, 4) is 5.75 Å². The number of anilines is 1. The number of rotatable bonds is 5. The average molecular weight is 262 g/mol. The number of nitrogens with one attached hydrogen (secondary N) is 2. The molecule has 1 aromatic rings. The van der Waals surface area contributed by atoms with E-state index in [9.17, 15) is 9.59 Å². The highest BCUT2D eigenvalue weighted by Gasteiger charge is 2.27. The SMILES string of the molecule is CCCCC(=O)NCC1Oc2ccccc2NC1=O. The summed E-state index contributed by atoms with van der Waals surface area (Å²) in [6.45, 7) is 2.23. The van der Waals surface area contributed by atoms with Gasteiger partial charge in [0.1, 0.15) is 5.75 Å². The van der Waals surface area contributed by atoms with Gasteiger partial charge in [-0.25, -0.2) is 0 Å². The fourth-order valence-electron chi connectivity index (χ4n) is 1.86. The molecule has 0 radical (unpaired) electrons. The number of carbonyl (C=O) groups is 2. The summed E-state index contributed by atoms with van der Waals surface area (Å²) < 4.78 is 5.57. The molecule has 2 amide bonds. The lowest BCUT2D eigenvalue weighted by atomic mass is 10.2. The number of hydrogen-bond acceptors (Lipinski definition) is 3. The summed E-state index contributed by atoms with van der Waals surface area (Å²) in [4.78, 5) is 23.3. The topological polar surface area (TPSA) is 67.4 Å². The summed E-state index contributed by atoms with van der Waals surface area (Å²) in [5.41, 5.74) is 0.668. The van der Waals surface area contributed by atoms with Crippen LogP contribution < -0.4 is 15.4 Å². The first-order valence-corrected chi connectivity index (χ1v) is 6.54. The van der Waals surface area contributed by atoms with Crippen LogP contribution in [0.25, 0.3) is 0 Å². The molecule has 2 N–H and O–H groups in total. The minimum absolute atomic E-state index is 0.0443. The van der Waals surface area contributed by atoms with Gasteiger partial charge in [-0.1, -0.05) is 25.5 Å². The molecule has 1 aliphatic rings. The Morgan fingerprint density at radius 2 is 2.21 bits per heavy atom. The van der Waals surface area contributed by atoms with Gasteiger partial charge in [-0.15, -0.1) is 0 Å². The Hall–Kier alpha value is -2.04. The largest absolute Gasteiger partial charge is 0.477 e. The van der Waals surface area contributed by atoms with E-state index in [4.69, 9.17) is 4.74 Å². The summed E-state index contributed by atoms with van der Waals surface area (Å²) >= 11 is 0. The molecule has 0 saturated carbocycles. The number of amides is 2. The molecule has 5 nitrogen and oxygen atoms in total. The molecule has 0 fully saturated rings. The first kappa shape index (κ1) is 13.4. The van der Waals surface area contributed by atoms with Gasteiger partial charge in [0.15, 0.2) is 6.10 Å². The van der Waals surface area contributed by atoms with Crippen LogP contribution in [0.2, 0.25) is 0 Å². The Morgan fingerprint density at radius 1 is 1.42 bits per heavy atom. The minimum atomic E-state index is -0.666. The molecule has 0 saturated heterocycles. The highest BCUT2D eigenvalue weighted by Crippen LogP contribution is 2.28. The third kappa shape index (κ3) is 3.47. The van der Waals surface area contributed by atoms with Crippen LogP contribution in [0.4, 0.5) is 5.69 Å². The van der Waals surface area contributed by atoms with E-state index in [0.717, 1.165) is 12.8 Å². The van der Waals surface area contributed by atoms with Gasteiger partial charge in [-0.3, -0.25) is 9.59 Å². The second-order valence-electron chi connectivity index (χ2n) is 4.50. The molecular weight excluding hydrogens is 244 g/mol. The van der Waals surface area contributed by atoms with Crippen LogP contribution in [-0.2, 0) is 9.59 Å². The van der Waals surface area contributed by atoms with Crippen molar-refractivity contribution in [2.24, 2.45) is 0 Å². The van der Waals surface area contributed by atoms with Crippen LogP contribution in [0.1, 0.15) is 26.2 Å². The monoisotopic (exact) mass is 262 g/mol. The number of benzene rings is 1. The number of fused-ring (bicyclic) bond motifs is 1. The van der Waals surface area contributed by atoms with Crippen molar-refractivity contribution in [2.75, 3.05) is 11.9 Å². The van der Waals surface area contributed by atoms with Crippen molar-refractivity contribution >= 4 is 17.5 Å². The van der Waals surface area contributed by atoms with Crippen molar-refractivity contribution < 1.29 is 14.3 Å². The van der Waals surface area contributed by atoms with Gasteiger partial charge in [0.25, 0.3) is 5.91 Å². The van der Waals surface area contributed by atoms with Gasteiger partial charge in [0, 0.05) is 6.42 Å². The fraction of sp³-hybridized carbons (Fsp3) is 0.429. The minimum Gasteiger partial charge on any atom is -0.477 e. The van der Waals surface area contributed by atoms with Gasteiger partial charge < -0.3 is 15.4 Å². The van der Waals surface area contributed by atoms with E-state index >= 15 is 0 Å². The summed E-state index contributed by atoms with van der Waals surface area (Å²) in [6.07, 6.45) is 1.65. The van der Waals surface area contributed by atoms with Crippen LogP contribution in [0.15, 0.2) is 24.3 Å². The Balaban J connectivity index is 1.89. The van der Waals surface area contributed by atoms with Crippen molar-refractivity contribution in [1.82, 2.24) is 5.32 Å². The number of hydrogen-bond donors (Lipinski definition) is 2. The lowest BCUT2D eigenvalue weighted by Crippen LogP contribution is -2.45. The third-order valence-electron chi connectivity index (χ3n) is 2.95. The molecule has 5 heteroatoms. The van der Waals surface area contributed by atoms with E-state index in [-0.39, 0.29) is 18.4 Å². The van der Waals surface area contributed by atoms with Crippen molar-refractivity contribution in [2.45, 2.75) is 32.3 Å². The van der Waals surface area contributed by atoms with Crippen LogP contribution in [0, 0.1) is 0 Å². The molecule has 1 aliphatic heterocycles. The van der Waals surface area contributed by atoms with E-state index in [2.05, 4.69) is 10.6 Å². The third-order valence-corrected chi connectivity index (χ3v) is 2.95. The second kappa shape index (κ2) is 6.22. The summed E-state index contributed by atoms with van der Waals surface area (Å²) in [5, 5.41) is 5.49. The molecule has 1 atom stereocenters. The van der Waals surface area contributed by atoms with Crippen LogP contribution in [0.3, 0.4) is 0 Å². The van der Waals surface area contributed by atoms with E-state index in [0.29, 0.717) is 17.9 Å². The van der Waals surface area contributed by atoms with Crippen molar-refractivity contribution in [3.63, 3.8) is 0 Å². The van der Waals surface area contributed by atoms with E-state index in [1.807, 2.05) is 19.1 Å². The predicted molar refractivity (Wildman–Crippen MR) is 72.0 cm³/mol. The van der Waals surface area contributed by atoms with Crippen molar-refractivity contribution in [3.05, 3.63) is 24.3 Å². The van der Waals surface area contributed by atoms with E-state index < -0.39 is 6.10 Å². The quantitative estimate of drug-likeness (QED) is 0.848. The summed E-state index contributed by atoms with van der Waals surface area (Å²) in [7, 11) is 0. The molecule has 1 unspecified atom stereocenters. The Morgan fingerprint density at radius 3 is 3.00 bits per heavy atom. The maximum atomic E-state index is 11.8. The Labute approximate surface area is 112 Å². The first-order valence-electron chi connectivity index (χ1n) is 6.54. The lowest BCUT2D eigenvalue weighted by Gasteiger charge is -2.25. The molecule has 0 aliphatic carbocycles. The van der Waals surface area contributed by atoms with E-state index in [1.165, 1.54) is 0 Å². The van der Waals surface area contributed by atoms with Gasteiger partial charge in [-0.2, -0.15) is 0 Å². The second-order valence-corrected chi connectivity index (χ2v) is 4.50. The molecule has 0 spiro atoms. The normalized spacial score (nSPS) is 17.1. The first-order chi connectivity index (χ1) is 9.20. The zero-order valence-corrected chi connectivity index (χ0v) is 10.9. The highest BCUT2D eigenvalue weighted by molar-refractivity contribution is 5.98. The van der Waals surface area contributed by atoms with Crippen molar-refractivity contribution in [1.29, 1.82) is 0 Å². The molecule has 1 heterocycles. The van der Waals surface area contributed by atoms with Gasteiger partial charge in [0.05, 0.1) is 12.2 Å². The molecule has 0 bridgehead atoms. The number of para-hydroxylation sites is 2. The zero-order chi connectivity index (χ0) is 13.7. The van der Waals surface area contributed by atoms with Gasteiger partial charge >= 0.3 is 0 Å². The number of unbranched alkanes of at least 4 members (excludes halogenated alkanes) is 1. The summed E-state index contributed by atoms with van der Waals surface area (Å²) in [6, 6.07) is 7.24. The standard InChI is InChI=1S/C14H18N2O3/c1-2-3-8-13(17)15-9-12-14(18)16-10-6-4-5-7-11(10)19-12/h4-7,12H,2-3,8-9H2,1H3,(H,15,17)(H,16,18). The number of carbonyl (C=O) groups excluding carboxylic acids is 2. The molecule has 1 aromatic carbocycles. The van der Waals surface area contributed by atoms with E-state index in [1.54, 1.807) is 12.1 Å². The lowest BCUT2D eigenvalue weighted by molar-refractivity contribution is -0.125. The molecule has 2 rings (SSSR count). The van der Waals surface area contributed by atoms with Gasteiger partial charge in [0.2, 0.25) is 5.91 Å². The van der Waals surface area contributed by atoms with Crippen LogP contribution in [0.5, 0.6) is 5.75 Å². The Kier molecular flexibility index (Phi) is 4.39. The molecule has 0 aromatic heterocycles. The molecular formula is C14H18N2O3. The summed E-state index contributed by atoms with van der Waals surface area (Å²) in [5.74, 6) is 0.363. The zero-order valence-electron chi connectivity index (χ0n) is 10.9. The molecule has 19 heavy (non-hydrogen) atoms. The van der Waals surface area contributed by atoms with Crippen LogP contribution in [-0.4, -0.2) is 24.5 Å². The van der Waals surface area contributed by atoms with Crippen LogP contribution >= 0.6 is 0 Å².